The summed E-state index contributed by atoms with van der Waals surface area (Å²) >= 11 is 5.94. The number of carbonyl (C=O) groups is 1. The number of para-hydroxylation sites is 1. The molecule has 4 rings (SSSR count). The summed E-state index contributed by atoms with van der Waals surface area (Å²) in [6, 6.07) is 18.3. The monoisotopic (exact) mass is 434 g/mol. The number of nitrogens with zero attached hydrogens (tertiary/aromatic N) is 3. The Morgan fingerprint density at radius 3 is 2.71 bits per heavy atom. The average Bonchev–Trinajstić information content (AvgIpc) is 3.47. The summed E-state index contributed by atoms with van der Waals surface area (Å²) in [4.78, 5) is 17.4. The van der Waals surface area contributed by atoms with Crippen molar-refractivity contribution in [3.8, 4) is 17.3 Å². The predicted octanol–water partition coefficient (Wildman–Crippen LogP) is 5.17. The van der Waals surface area contributed by atoms with Gasteiger partial charge < -0.3 is 14.5 Å². The second-order valence-electron chi connectivity index (χ2n) is 6.54. The summed E-state index contributed by atoms with van der Waals surface area (Å²) in [6.07, 6.45) is 4.63. The zero-order valence-electron chi connectivity index (χ0n) is 16.7. The summed E-state index contributed by atoms with van der Waals surface area (Å²) in [7, 11) is 1.58. The molecular weight excluding hydrogens is 416 g/mol. The fourth-order valence-corrected chi connectivity index (χ4v) is 3.04. The van der Waals surface area contributed by atoms with Gasteiger partial charge in [-0.05, 0) is 42.0 Å². The van der Waals surface area contributed by atoms with Crippen molar-refractivity contribution in [3.63, 3.8) is 0 Å². The molecule has 0 bridgehead atoms. The van der Waals surface area contributed by atoms with Gasteiger partial charge in [0.05, 0.1) is 13.4 Å². The van der Waals surface area contributed by atoms with E-state index in [4.69, 9.17) is 20.8 Å². The van der Waals surface area contributed by atoms with Crippen molar-refractivity contribution in [3.05, 3.63) is 89.2 Å². The van der Waals surface area contributed by atoms with E-state index in [1.807, 2.05) is 36.4 Å². The number of nitrogens with one attached hydrogen (secondary N) is 1. The molecule has 0 fully saturated rings. The number of halogens is 1. The molecule has 2 aromatic carbocycles. The van der Waals surface area contributed by atoms with Crippen LogP contribution >= 0.6 is 11.6 Å². The molecule has 0 amide bonds. The second-order valence-corrected chi connectivity index (χ2v) is 6.98. The van der Waals surface area contributed by atoms with E-state index >= 15 is 0 Å². The molecule has 0 saturated heterocycles. The van der Waals surface area contributed by atoms with Crippen LogP contribution in [0.5, 0.6) is 5.75 Å². The minimum Gasteiger partial charge on any atom is -0.496 e. The summed E-state index contributed by atoms with van der Waals surface area (Å²) in [5.74, 6) is 1.38. The third kappa shape index (κ3) is 4.84. The highest BCUT2D eigenvalue weighted by Gasteiger charge is 2.17. The van der Waals surface area contributed by atoms with Gasteiger partial charge in [0.1, 0.15) is 5.75 Å². The lowest BCUT2D eigenvalue weighted by atomic mass is 10.2. The van der Waals surface area contributed by atoms with Crippen LogP contribution in [0.3, 0.4) is 0 Å². The summed E-state index contributed by atoms with van der Waals surface area (Å²) in [5.41, 5.74) is 1.76. The molecule has 0 spiro atoms. The molecule has 2 heterocycles. The molecule has 2 aromatic heterocycles. The highest BCUT2D eigenvalue weighted by molar-refractivity contribution is 6.30. The van der Waals surface area contributed by atoms with Crippen molar-refractivity contribution in [1.82, 2.24) is 14.8 Å². The topological polar surface area (TPSA) is 82.2 Å². The van der Waals surface area contributed by atoms with E-state index in [1.165, 1.54) is 17.0 Å². The van der Waals surface area contributed by atoms with Crippen LogP contribution in [0, 0.1) is 0 Å². The molecule has 31 heavy (non-hydrogen) atoms. The summed E-state index contributed by atoms with van der Waals surface area (Å²) in [5, 5.41) is 8.14. The lowest BCUT2D eigenvalue weighted by Gasteiger charge is -2.06. The number of ether oxygens (including phenoxy) is 1. The Labute approximate surface area is 183 Å². The van der Waals surface area contributed by atoms with Gasteiger partial charge in [-0.25, -0.2) is 0 Å². The Balaban J connectivity index is 1.60. The van der Waals surface area contributed by atoms with Crippen molar-refractivity contribution in [2.75, 3.05) is 12.4 Å². The third-order valence-corrected chi connectivity index (χ3v) is 4.72. The molecule has 8 heteroatoms. The first kappa shape index (κ1) is 20.4. The van der Waals surface area contributed by atoms with Crippen LogP contribution in [0.2, 0.25) is 5.02 Å². The zero-order valence-corrected chi connectivity index (χ0v) is 17.4. The molecule has 7 nitrogen and oxygen atoms in total. The Morgan fingerprint density at radius 2 is 1.97 bits per heavy atom. The van der Waals surface area contributed by atoms with E-state index in [2.05, 4.69) is 15.4 Å². The smallest absolute Gasteiger partial charge is 0.274 e. The quantitative estimate of drug-likeness (QED) is 0.404. The minimum absolute atomic E-state index is 0.302. The van der Waals surface area contributed by atoms with Gasteiger partial charge in [0, 0.05) is 23.2 Å². The fourth-order valence-electron chi connectivity index (χ4n) is 2.91. The van der Waals surface area contributed by atoms with Gasteiger partial charge in [-0.3, -0.25) is 4.79 Å². The van der Waals surface area contributed by atoms with Crippen molar-refractivity contribution >= 4 is 29.5 Å². The average molecular weight is 435 g/mol. The Kier molecular flexibility index (Phi) is 6.14. The largest absolute Gasteiger partial charge is 0.496 e. The molecule has 0 saturated carbocycles. The van der Waals surface area contributed by atoms with E-state index in [0.717, 1.165) is 11.1 Å². The Morgan fingerprint density at radius 1 is 1.16 bits per heavy atom. The van der Waals surface area contributed by atoms with Crippen LogP contribution in [0.15, 0.2) is 77.4 Å². The first-order valence-corrected chi connectivity index (χ1v) is 9.86. The normalized spacial score (nSPS) is 11.0. The SMILES string of the molecule is COc1ccccc1C=CC(=O)n1nc(-c2ccco2)nc1NCc1ccc(Cl)cc1. The number of allylic oxidation sites excluding steroid dienone is 1. The van der Waals surface area contributed by atoms with Crippen LogP contribution in [0.4, 0.5) is 5.95 Å². The number of carbonyl (C=O) groups excluding carboxylic acids is 1. The maximum Gasteiger partial charge on any atom is 0.274 e. The number of furan rings is 1. The number of hydrogen-bond acceptors (Lipinski definition) is 6. The molecule has 0 aliphatic rings. The lowest BCUT2D eigenvalue weighted by Crippen LogP contribution is -2.14. The van der Waals surface area contributed by atoms with E-state index in [0.29, 0.717) is 34.8 Å². The van der Waals surface area contributed by atoms with Crippen LogP contribution in [-0.2, 0) is 6.54 Å². The first-order valence-electron chi connectivity index (χ1n) is 9.49. The van der Waals surface area contributed by atoms with E-state index < -0.39 is 0 Å². The van der Waals surface area contributed by atoms with Crippen molar-refractivity contribution in [1.29, 1.82) is 0 Å². The number of methoxy groups -OCH3 is 1. The zero-order chi connectivity index (χ0) is 21.6. The molecule has 0 unspecified atom stereocenters. The standard InChI is InChI=1S/C23H19ClN4O3/c1-30-19-6-3-2-5-17(19)10-13-21(29)28-23(25-15-16-8-11-18(24)12-9-16)26-22(27-28)20-7-4-14-31-20/h2-14H,15H2,1H3,(H,25,26,27). The molecule has 0 radical (unpaired) electrons. The highest BCUT2D eigenvalue weighted by atomic mass is 35.5. The van der Waals surface area contributed by atoms with Gasteiger partial charge in [0.2, 0.25) is 11.8 Å². The molecule has 156 valence electrons. The molecule has 0 aliphatic carbocycles. The van der Waals surface area contributed by atoms with Crippen LogP contribution in [0.25, 0.3) is 17.7 Å². The Bertz CT molecular complexity index is 1200. The second kappa shape index (κ2) is 9.32. The van der Waals surface area contributed by atoms with Gasteiger partial charge in [-0.1, -0.05) is 41.9 Å². The third-order valence-electron chi connectivity index (χ3n) is 4.47. The number of rotatable bonds is 7. The predicted molar refractivity (Wildman–Crippen MR) is 119 cm³/mol. The summed E-state index contributed by atoms with van der Waals surface area (Å²) in [6.45, 7) is 0.441. The Hall–Kier alpha value is -3.84. The van der Waals surface area contributed by atoms with E-state index in [-0.39, 0.29) is 5.91 Å². The fraction of sp³-hybridized carbons (Fsp3) is 0.0870. The van der Waals surface area contributed by atoms with E-state index in [9.17, 15) is 4.79 Å². The van der Waals surface area contributed by atoms with E-state index in [1.54, 1.807) is 37.5 Å². The number of aromatic nitrogens is 3. The van der Waals surface area contributed by atoms with Gasteiger partial charge >= 0.3 is 0 Å². The molecular formula is C23H19ClN4O3. The number of hydrogen-bond donors (Lipinski definition) is 1. The summed E-state index contributed by atoms with van der Waals surface area (Å²) < 4.78 is 11.9. The van der Waals surface area contributed by atoms with Gasteiger partial charge in [-0.15, -0.1) is 5.10 Å². The first-order chi connectivity index (χ1) is 15.1. The van der Waals surface area contributed by atoms with Crippen LogP contribution < -0.4 is 10.1 Å². The minimum atomic E-state index is -0.366. The molecule has 1 N–H and O–H groups in total. The number of anilines is 1. The van der Waals surface area contributed by atoms with Crippen molar-refractivity contribution < 1.29 is 13.9 Å². The molecule has 0 aliphatic heterocycles. The van der Waals surface area contributed by atoms with Crippen LogP contribution in [-0.4, -0.2) is 27.8 Å². The molecule has 4 aromatic rings. The molecule has 0 atom stereocenters. The van der Waals surface area contributed by atoms with Gasteiger partial charge in [0.25, 0.3) is 5.91 Å². The van der Waals surface area contributed by atoms with Gasteiger partial charge in [-0.2, -0.15) is 9.67 Å². The maximum atomic E-state index is 12.9. The lowest BCUT2D eigenvalue weighted by molar-refractivity contribution is 0.0957. The highest BCUT2D eigenvalue weighted by Crippen LogP contribution is 2.21. The van der Waals surface area contributed by atoms with Crippen molar-refractivity contribution in [2.45, 2.75) is 6.54 Å². The van der Waals surface area contributed by atoms with Gasteiger partial charge in [0.15, 0.2) is 5.76 Å². The van der Waals surface area contributed by atoms with Crippen molar-refractivity contribution in [2.24, 2.45) is 0 Å². The maximum absolute atomic E-state index is 12.9. The number of benzene rings is 2. The van der Waals surface area contributed by atoms with Crippen LogP contribution in [0.1, 0.15) is 15.9 Å².